The van der Waals surface area contributed by atoms with Gasteiger partial charge in [0.25, 0.3) is 5.91 Å². The van der Waals surface area contributed by atoms with E-state index < -0.39 is 0 Å². The zero-order valence-electron chi connectivity index (χ0n) is 16.0. The molecule has 1 aliphatic heterocycles. The van der Waals surface area contributed by atoms with Crippen LogP contribution in [0, 0.1) is 5.92 Å². The highest BCUT2D eigenvalue weighted by Gasteiger charge is 2.25. The molecule has 1 fully saturated rings. The molecule has 0 radical (unpaired) electrons. The number of thiophene rings is 1. The molecule has 4 heterocycles. The van der Waals surface area contributed by atoms with E-state index in [2.05, 4.69) is 62.7 Å². The molecule has 3 aromatic heterocycles. The summed E-state index contributed by atoms with van der Waals surface area (Å²) in [5, 5.41) is 3.03. The number of nitrogens with zero attached hydrogens (tertiary/aromatic N) is 3. The number of hydrogen-bond donors (Lipinski definition) is 1. The summed E-state index contributed by atoms with van der Waals surface area (Å²) in [6, 6.07) is 7.84. The molecule has 0 bridgehead atoms. The minimum atomic E-state index is -0.198. The number of halogens is 1. The quantitative estimate of drug-likeness (QED) is 0.393. The first-order chi connectivity index (χ1) is 13.5. The summed E-state index contributed by atoms with van der Waals surface area (Å²) in [5.41, 5.74) is 3.09. The smallest absolute Gasteiger partial charge is 0.274 e. The Morgan fingerprint density at radius 1 is 1.36 bits per heavy atom. The molecule has 146 valence electrons. The second-order valence-corrected chi connectivity index (χ2v) is 10.3. The first-order valence-electron chi connectivity index (χ1n) is 9.57. The van der Waals surface area contributed by atoms with E-state index in [1.165, 1.54) is 11.3 Å². The van der Waals surface area contributed by atoms with Crippen molar-refractivity contribution in [2.75, 3.05) is 23.3 Å². The van der Waals surface area contributed by atoms with Crippen LogP contribution in [-0.4, -0.2) is 32.9 Å². The van der Waals surface area contributed by atoms with E-state index in [9.17, 15) is 4.79 Å². The average Bonchev–Trinajstić information content (AvgIpc) is 3.10. The number of aromatic nitrogens is 2. The first kappa shape index (κ1) is 19.6. The van der Waals surface area contributed by atoms with Crippen molar-refractivity contribution in [3.63, 3.8) is 0 Å². The van der Waals surface area contributed by atoms with Crippen LogP contribution in [0.4, 0.5) is 11.4 Å². The number of carbonyl (C=O) groups excluding carboxylic acids is 1. The Kier molecular flexibility index (Phi) is 5.82. The molecule has 1 N–H and O–H groups in total. The Morgan fingerprint density at radius 2 is 2.21 bits per heavy atom. The Bertz CT molecular complexity index is 995. The van der Waals surface area contributed by atoms with Crippen LogP contribution >= 0.6 is 33.9 Å². The third-order valence-corrected chi connectivity index (χ3v) is 7.14. The first-order valence-corrected chi connectivity index (χ1v) is 11.6. The van der Waals surface area contributed by atoms with Gasteiger partial charge < -0.3 is 10.2 Å². The molecule has 1 amide bonds. The Hall–Kier alpha value is -1.74. The number of hydrogen-bond acceptors (Lipinski definition) is 5. The lowest BCUT2D eigenvalue weighted by Gasteiger charge is -2.36. The summed E-state index contributed by atoms with van der Waals surface area (Å²) < 4.78 is 1.72. The largest absolute Gasteiger partial charge is 0.368 e. The van der Waals surface area contributed by atoms with E-state index in [0.29, 0.717) is 15.5 Å². The molecule has 3 aromatic rings. The van der Waals surface area contributed by atoms with Gasteiger partial charge in [-0.05, 0) is 43.0 Å². The topological polar surface area (TPSA) is 58.1 Å². The molecule has 1 saturated heterocycles. The van der Waals surface area contributed by atoms with Gasteiger partial charge in [-0.15, -0.1) is 11.3 Å². The summed E-state index contributed by atoms with van der Waals surface area (Å²) in [4.78, 5) is 25.3. The van der Waals surface area contributed by atoms with Crippen LogP contribution < -0.4 is 10.2 Å². The maximum Gasteiger partial charge on any atom is 0.274 e. The molecule has 0 unspecified atom stereocenters. The van der Waals surface area contributed by atoms with Crippen molar-refractivity contribution in [3.8, 4) is 0 Å². The zero-order chi connectivity index (χ0) is 19.7. The third-order valence-electron chi connectivity index (χ3n) is 5.00. The number of amides is 1. The van der Waals surface area contributed by atoms with Gasteiger partial charge in [0.05, 0.1) is 27.8 Å². The number of alkyl halides is 1. The van der Waals surface area contributed by atoms with Crippen molar-refractivity contribution >= 4 is 61.4 Å². The zero-order valence-corrected chi connectivity index (χ0v) is 19.0. The lowest BCUT2D eigenvalue weighted by molar-refractivity contribution is 0.102. The second-order valence-electron chi connectivity index (χ2n) is 7.34. The van der Waals surface area contributed by atoms with E-state index in [4.69, 9.17) is 0 Å². The predicted molar refractivity (Wildman–Crippen MR) is 125 cm³/mol. The van der Waals surface area contributed by atoms with Crippen molar-refractivity contribution in [1.29, 1.82) is 0 Å². The number of aryl methyl sites for hydroxylation is 1. The summed E-state index contributed by atoms with van der Waals surface area (Å²) in [5.74, 6) is 0.430. The lowest BCUT2D eigenvalue weighted by atomic mass is 9.99. The number of piperidine rings is 1. The van der Waals surface area contributed by atoms with Gasteiger partial charge in [0.1, 0.15) is 5.69 Å². The summed E-state index contributed by atoms with van der Waals surface area (Å²) in [6.45, 7) is 6.38. The van der Waals surface area contributed by atoms with Gasteiger partial charge in [-0.1, -0.05) is 36.4 Å². The Labute approximate surface area is 182 Å². The van der Waals surface area contributed by atoms with E-state index >= 15 is 0 Å². The molecule has 0 spiro atoms. The van der Waals surface area contributed by atoms with Crippen LogP contribution in [0.3, 0.4) is 0 Å². The van der Waals surface area contributed by atoms with Crippen LogP contribution in [0.25, 0.3) is 10.2 Å². The van der Waals surface area contributed by atoms with Crippen molar-refractivity contribution in [1.82, 2.24) is 9.97 Å². The molecule has 0 saturated carbocycles. The minimum Gasteiger partial charge on any atom is -0.368 e. The highest BCUT2D eigenvalue weighted by molar-refractivity contribution is 14.1. The maximum atomic E-state index is 12.9. The Morgan fingerprint density at radius 3 is 3.00 bits per heavy atom. The van der Waals surface area contributed by atoms with Crippen molar-refractivity contribution in [2.45, 2.75) is 30.6 Å². The van der Waals surface area contributed by atoms with E-state index in [1.54, 1.807) is 29.8 Å². The molecule has 0 aromatic carbocycles. The number of nitrogens with one attached hydrogen (secondary N) is 1. The van der Waals surface area contributed by atoms with Crippen molar-refractivity contribution in [2.24, 2.45) is 5.92 Å². The van der Waals surface area contributed by atoms with Crippen LogP contribution in [0.1, 0.15) is 35.6 Å². The van der Waals surface area contributed by atoms with E-state index in [0.717, 1.165) is 41.1 Å². The second kappa shape index (κ2) is 8.32. The molecule has 4 rings (SSSR count). The number of carbonyl (C=O) groups is 1. The fourth-order valence-electron chi connectivity index (χ4n) is 3.69. The lowest BCUT2D eigenvalue weighted by Crippen LogP contribution is -2.40. The minimum absolute atomic E-state index is 0.198. The molecule has 2 atom stereocenters. The fraction of sp³-hybridized carbons (Fsp3) is 0.381. The van der Waals surface area contributed by atoms with Crippen LogP contribution in [0.15, 0.2) is 36.7 Å². The number of pyridine rings is 2. The monoisotopic (exact) mass is 506 g/mol. The SMILES string of the molecule is CCc1cc2nc(C(=O)Nc3cnccc3N3C[C@H](C)C[C@H](I)C3)ccc2s1. The molecule has 28 heavy (non-hydrogen) atoms. The van der Waals surface area contributed by atoms with Gasteiger partial charge in [-0.3, -0.25) is 9.78 Å². The van der Waals surface area contributed by atoms with Crippen LogP contribution in [0.5, 0.6) is 0 Å². The van der Waals surface area contributed by atoms with Crippen molar-refractivity contribution in [3.05, 3.63) is 47.2 Å². The number of anilines is 2. The van der Waals surface area contributed by atoms with E-state index in [1.807, 2.05) is 12.1 Å². The molecule has 5 nitrogen and oxygen atoms in total. The van der Waals surface area contributed by atoms with Gasteiger partial charge in [0, 0.05) is 28.1 Å². The van der Waals surface area contributed by atoms with Gasteiger partial charge in [-0.2, -0.15) is 0 Å². The van der Waals surface area contributed by atoms with Gasteiger partial charge in [0.15, 0.2) is 0 Å². The third kappa shape index (κ3) is 4.15. The van der Waals surface area contributed by atoms with Gasteiger partial charge in [0.2, 0.25) is 0 Å². The number of rotatable bonds is 4. The van der Waals surface area contributed by atoms with E-state index in [-0.39, 0.29) is 5.91 Å². The Balaban J connectivity index is 1.58. The fourth-order valence-corrected chi connectivity index (χ4v) is 5.98. The molecule has 7 heteroatoms. The summed E-state index contributed by atoms with van der Waals surface area (Å²) in [7, 11) is 0. The summed E-state index contributed by atoms with van der Waals surface area (Å²) in [6.07, 6.45) is 5.73. The molecule has 1 aliphatic rings. The van der Waals surface area contributed by atoms with Crippen LogP contribution in [0.2, 0.25) is 0 Å². The highest BCUT2D eigenvalue weighted by atomic mass is 127. The highest BCUT2D eigenvalue weighted by Crippen LogP contribution is 2.32. The maximum absolute atomic E-state index is 12.9. The van der Waals surface area contributed by atoms with Crippen molar-refractivity contribution < 1.29 is 4.79 Å². The van der Waals surface area contributed by atoms with Gasteiger partial charge >= 0.3 is 0 Å². The predicted octanol–water partition coefficient (Wildman–Crippen LogP) is 5.16. The molecular weight excluding hydrogens is 483 g/mol. The average molecular weight is 506 g/mol. The normalized spacial score (nSPS) is 19.8. The number of fused-ring (bicyclic) bond motifs is 1. The molecular formula is C21H23IN4OS. The molecule has 0 aliphatic carbocycles. The summed E-state index contributed by atoms with van der Waals surface area (Å²) >= 11 is 4.25. The van der Waals surface area contributed by atoms with Gasteiger partial charge in [-0.25, -0.2) is 4.98 Å². The standard InChI is InChI=1S/C21H23IN4OS/c1-3-15-9-17-20(28-15)5-4-16(24-17)21(27)25-18-10-23-7-6-19(18)26-11-13(2)8-14(22)12-26/h4-7,9-10,13-14H,3,8,11-12H2,1-2H3,(H,25,27)/t13-,14+/m1/s1. The van der Waals surface area contributed by atoms with Crippen LogP contribution in [-0.2, 0) is 6.42 Å².